The highest BCUT2D eigenvalue weighted by Crippen LogP contribution is 2.24. The number of ether oxygens (including phenoxy) is 2. The van der Waals surface area contributed by atoms with Gasteiger partial charge in [0.2, 0.25) is 0 Å². The summed E-state index contributed by atoms with van der Waals surface area (Å²) in [4.78, 5) is 4.24. The second-order valence-corrected chi connectivity index (χ2v) is 5.85. The van der Waals surface area contributed by atoms with Crippen LogP contribution in [0.4, 0.5) is 0 Å². The lowest BCUT2D eigenvalue weighted by atomic mass is 10.1. The van der Waals surface area contributed by atoms with Crippen LogP contribution in [0.1, 0.15) is 11.1 Å². The van der Waals surface area contributed by atoms with Crippen molar-refractivity contribution in [3.05, 3.63) is 58.6 Å². The van der Waals surface area contributed by atoms with E-state index >= 15 is 0 Å². The molecule has 0 spiro atoms. The topological polar surface area (TPSA) is 54.9 Å². The number of nitrogens with one attached hydrogen (secondary N) is 2. The van der Waals surface area contributed by atoms with Crippen molar-refractivity contribution in [2.24, 2.45) is 4.99 Å². The predicted molar refractivity (Wildman–Crippen MR) is 118 cm³/mol. The van der Waals surface area contributed by atoms with Gasteiger partial charge in [0.05, 0.1) is 14.2 Å². The number of methoxy groups -OCH3 is 2. The van der Waals surface area contributed by atoms with Crippen LogP contribution < -0.4 is 20.1 Å². The van der Waals surface area contributed by atoms with Gasteiger partial charge in [0.15, 0.2) is 5.96 Å². The van der Waals surface area contributed by atoms with Gasteiger partial charge < -0.3 is 20.1 Å². The fourth-order valence-electron chi connectivity index (χ4n) is 2.42. The van der Waals surface area contributed by atoms with Crippen LogP contribution in [-0.2, 0) is 13.0 Å². The molecule has 7 heteroatoms. The minimum atomic E-state index is 0. The highest BCUT2D eigenvalue weighted by atomic mass is 127. The van der Waals surface area contributed by atoms with Crippen LogP contribution >= 0.6 is 35.6 Å². The first kappa shape index (κ1) is 22.4. The number of hydrogen-bond donors (Lipinski definition) is 2. The van der Waals surface area contributed by atoms with Gasteiger partial charge in [-0.25, -0.2) is 0 Å². The van der Waals surface area contributed by atoms with Gasteiger partial charge in [-0.05, 0) is 36.2 Å². The van der Waals surface area contributed by atoms with Crippen molar-refractivity contribution in [2.45, 2.75) is 13.0 Å². The maximum Gasteiger partial charge on any atom is 0.191 e. The highest BCUT2D eigenvalue weighted by Gasteiger charge is 2.06. The lowest BCUT2D eigenvalue weighted by Gasteiger charge is -2.14. The van der Waals surface area contributed by atoms with E-state index in [4.69, 9.17) is 21.1 Å². The predicted octanol–water partition coefficient (Wildman–Crippen LogP) is 3.88. The molecule has 26 heavy (non-hydrogen) atoms. The Labute approximate surface area is 177 Å². The molecule has 0 aliphatic rings. The largest absolute Gasteiger partial charge is 0.497 e. The first-order valence-corrected chi connectivity index (χ1v) is 8.44. The van der Waals surface area contributed by atoms with Crippen LogP contribution in [0.3, 0.4) is 0 Å². The summed E-state index contributed by atoms with van der Waals surface area (Å²) in [6, 6.07) is 13.6. The van der Waals surface area contributed by atoms with Crippen molar-refractivity contribution in [2.75, 3.05) is 27.8 Å². The fourth-order valence-corrected chi connectivity index (χ4v) is 2.63. The van der Waals surface area contributed by atoms with E-state index in [1.165, 1.54) is 5.56 Å². The van der Waals surface area contributed by atoms with Crippen molar-refractivity contribution < 1.29 is 9.47 Å². The summed E-state index contributed by atoms with van der Waals surface area (Å²) in [7, 11) is 5.04. The van der Waals surface area contributed by atoms with E-state index in [0.29, 0.717) is 6.54 Å². The fraction of sp³-hybridized carbons (Fsp3) is 0.316. The molecule has 2 aromatic carbocycles. The summed E-state index contributed by atoms with van der Waals surface area (Å²) in [5.74, 6) is 2.28. The Morgan fingerprint density at radius 1 is 1.08 bits per heavy atom. The van der Waals surface area contributed by atoms with Gasteiger partial charge >= 0.3 is 0 Å². The van der Waals surface area contributed by atoms with E-state index in [9.17, 15) is 0 Å². The molecule has 0 aliphatic carbocycles. The first-order chi connectivity index (χ1) is 12.2. The Hall–Kier alpha value is -1.67. The molecule has 0 radical (unpaired) electrons. The van der Waals surface area contributed by atoms with Crippen LogP contribution in [0.5, 0.6) is 11.5 Å². The zero-order valence-corrected chi connectivity index (χ0v) is 18.3. The lowest BCUT2D eigenvalue weighted by Crippen LogP contribution is -2.37. The molecule has 0 saturated carbocycles. The molecule has 2 aromatic rings. The molecule has 0 fully saturated rings. The molecule has 0 unspecified atom stereocenters. The van der Waals surface area contributed by atoms with Crippen molar-refractivity contribution in [1.29, 1.82) is 0 Å². The van der Waals surface area contributed by atoms with Crippen molar-refractivity contribution in [3.63, 3.8) is 0 Å². The van der Waals surface area contributed by atoms with Crippen LogP contribution in [-0.4, -0.2) is 33.8 Å². The van der Waals surface area contributed by atoms with Gasteiger partial charge in [0.25, 0.3) is 0 Å². The average molecular weight is 490 g/mol. The summed E-state index contributed by atoms with van der Waals surface area (Å²) < 4.78 is 10.6. The van der Waals surface area contributed by atoms with Gasteiger partial charge in [-0.3, -0.25) is 4.99 Å². The maximum absolute atomic E-state index is 6.00. The van der Waals surface area contributed by atoms with Crippen molar-refractivity contribution in [1.82, 2.24) is 10.6 Å². The Bertz CT molecular complexity index is 726. The number of halogens is 2. The van der Waals surface area contributed by atoms with Gasteiger partial charge in [0, 0.05) is 36.8 Å². The molecule has 0 atom stereocenters. The second kappa shape index (κ2) is 11.9. The van der Waals surface area contributed by atoms with Crippen LogP contribution in [0.25, 0.3) is 0 Å². The third-order valence-corrected chi connectivity index (χ3v) is 3.99. The zero-order valence-electron chi connectivity index (χ0n) is 15.2. The number of rotatable bonds is 7. The molecular weight excluding hydrogens is 465 g/mol. The van der Waals surface area contributed by atoms with Crippen LogP contribution in [0.2, 0.25) is 5.02 Å². The van der Waals surface area contributed by atoms with Gasteiger partial charge in [-0.15, -0.1) is 24.0 Å². The highest BCUT2D eigenvalue weighted by molar-refractivity contribution is 14.0. The normalized spacial score (nSPS) is 10.7. The first-order valence-electron chi connectivity index (χ1n) is 8.06. The van der Waals surface area contributed by atoms with Crippen molar-refractivity contribution >= 4 is 41.5 Å². The molecule has 0 amide bonds. The SMILES string of the molecule is CN=C(NCCc1cccc(Cl)c1)NCc1ccc(OC)cc1OC.I. The molecule has 2 N–H and O–H groups in total. The van der Waals surface area contributed by atoms with E-state index in [0.717, 1.165) is 41.0 Å². The van der Waals surface area contributed by atoms with E-state index < -0.39 is 0 Å². The van der Waals surface area contributed by atoms with Crippen LogP contribution in [0, 0.1) is 0 Å². The third kappa shape index (κ3) is 6.92. The molecular formula is C19H25ClIN3O2. The molecule has 2 rings (SSSR count). The zero-order chi connectivity index (χ0) is 18.1. The summed E-state index contributed by atoms with van der Waals surface area (Å²) in [5.41, 5.74) is 2.22. The molecule has 0 aliphatic heterocycles. The number of aliphatic imine (C=N–C) groups is 1. The van der Waals surface area contributed by atoms with Gasteiger partial charge in [0.1, 0.15) is 11.5 Å². The Morgan fingerprint density at radius 2 is 1.88 bits per heavy atom. The Kier molecular flexibility index (Phi) is 10.2. The van der Waals surface area contributed by atoms with E-state index in [1.807, 2.05) is 36.4 Å². The third-order valence-electron chi connectivity index (χ3n) is 3.76. The number of benzene rings is 2. The van der Waals surface area contributed by atoms with E-state index in [-0.39, 0.29) is 24.0 Å². The summed E-state index contributed by atoms with van der Waals surface area (Å²) in [6.45, 7) is 1.36. The molecule has 0 aromatic heterocycles. The smallest absolute Gasteiger partial charge is 0.191 e. The standard InChI is InChI=1S/C19H24ClN3O2.HI/c1-21-19(22-10-9-14-5-4-6-16(20)11-14)23-13-15-7-8-17(24-2)12-18(15)25-3;/h4-8,11-12H,9-10,13H2,1-3H3,(H2,21,22,23);1H. The molecule has 142 valence electrons. The van der Waals surface area contributed by atoms with Gasteiger partial charge in [-0.2, -0.15) is 0 Å². The van der Waals surface area contributed by atoms with Crippen molar-refractivity contribution in [3.8, 4) is 11.5 Å². The summed E-state index contributed by atoms with van der Waals surface area (Å²) in [6.07, 6.45) is 0.868. The number of hydrogen-bond acceptors (Lipinski definition) is 3. The maximum atomic E-state index is 6.00. The second-order valence-electron chi connectivity index (χ2n) is 5.41. The van der Waals surface area contributed by atoms with Gasteiger partial charge in [-0.1, -0.05) is 23.7 Å². The molecule has 0 bridgehead atoms. The van der Waals surface area contributed by atoms with E-state index in [1.54, 1.807) is 21.3 Å². The minimum absolute atomic E-state index is 0. The van der Waals surface area contributed by atoms with E-state index in [2.05, 4.69) is 21.7 Å². The Balaban J connectivity index is 0.00000338. The molecule has 0 saturated heterocycles. The van der Waals surface area contributed by atoms with Crippen LogP contribution in [0.15, 0.2) is 47.5 Å². The molecule has 0 heterocycles. The molecule has 5 nitrogen and oxygen atoms in total. The number of guanidine groups is 1. The number of nitrogens with zero attached hydrogens (tertiary/aromatic N) is 1. The minimum Gasteiger partial charge on any atom is -0.497 e. The summed E-state index contributed by atoms with van der Waals surface area (Å²) >= 11 is 6.00. The quantitative estimate of drug-likeness (QED) is 0.352. The summed E-state index contributed by atoms with van der Waals surface area (Å²) in [5, 5.41) is 7.34. The monoisotopic (exact) mass is 489 g/mol. The average Bonchev–Trinajstić information content (AvgIpc) is 2.64. The Morgan fingerprint density at radius 3 is 2.54 bits per heavy atom. The lowest BCUT2D eigenvalue weighted by molar-refractivity contribution is 0.390.